The average Bonchev–Trinajstić information content (AvgIpc) is 0.722. The van der Waals surface area contributed by atoms with Crippen molar-refractivity contribution in [3.63, 3.8) is 0 Å². The summed E-state index contributed by atoms with van der Waals surface area (Å²) in [4.78, 5) is 0. The molecule has 0 heterocycles. The third-order valence-corrected chi connectivity index (χ3v) is 0. The van der Waals surface area contributed by atoms with Crippen molar-refractivity contribution >= 4 is 55.1 Å². The Morgan fingerprint density at radius 1 is 1.12 bits per heavy atom. The molecule has 5 nitrogen and oxygen atoms in total. The van der Waals surface area contributed by atoms with Gasteiger partial charge in [-0.25, -0.2) is 0 Å². The summed E-state index contributed by atoms with van der Waals surface area (Å²) in [6, 6.07) is 0. The van der Waals surface area contributed by atoms with Gasteiger partial charge in [-0.3, -0.25) is 0 Å². The van der Waals surface area contributed by atoms with E-state index in [9.17, 15) is 0 Å². The van der Waals surface area contributed by atoms with E-state index in [2.05, 4.69) is 0 Å². The molecule has 0 spiro atoms. The minimum atomic E-state index is -5.62. The fourth-order valence-corrected chi connectivity index (χ4v) is 0. The Bertz CT molecular complexity index is 95.6. The van der Waals surface area contributed by atoms with E-state index in [1.165, 1.54) is 0 Å². The Morgan fingerprint density at radius 3 is 1.12 bits per heavy atom. The van der Waals surface area contributed by atoms with Crippen molar-refractivity contribution in [2.75, 3.05) is 0 Å². The molecule has 0 bridgehead atoms. The summed E-state index contributed by atoms with van der Waals surface area (Å²) in [6.07, 6.45) is 0. The first-order valence-electron chi connectivity index (χ1n) is 0.617. The molecule has 0 aromatic heterocycles. The molecular weight excluding hydrogens is 202 g/mol. The quantitative estimate of drug-likeness (QED) is 0.379. The van der Waals surface area contributed by atoms with Crippen molar-refractivity contribution in [3.05, 3.63) is 0 Å². The Hall–Kier alpha value is 1.79. The molecule has 0 amide bonds. The van der Waals surface area contributed by atoms with Gasteiger partial charge in [0.15, 0.2) is 0 Å². The molecule has 0 rings (SSSR count). The van der Waals surface area contributed by atoms with Crippen LogP contribution in [0.5, 0.6) is 0 Å². The van der Waals surface area contributed by atoms with Gasteiger partial charge in [-0.15, -0.1) is 0 Å². The van der Waals surface area contributed by atoms with Crippen LogP contribution in [0.15, 0.2) is 0 Å². The zero-order chi connectivity index (χ0) is 4.50. The Balaban J connectivity index is -0.0000000267. The Morgan fingerprint density at radius 2 is 1.12 bits per heavy atom. The van der Waals surface area contributed by atoms with Gasteiger partial charge in [-0.2, -0.15) is 0 Å². The van der Waals surface area contributed by atoms with Crippen LogP contribution in [0, 0.1) is 0 Å². The Kier molecular flexibility index (Phi) is 24.8. The third kappa shape index (κ3) is 112. The van der Waals surface area contributed by atoms with Gasteiger partial charge in [0.1, 0.15) is 0 Å². The van der Waals surface area contributed by atoms with Crippen molar-refractivity contribution in [2.45, 2.75) is 0 Å². The first-order valence-corrected chi connectivity index (χ1v) is 2.54. The van der Waals surface area contributed by atoms with Crippen LogP contribution in [0.25, 0.3) is 0 Å². The molecule has 8 heteroatoms. The van der Waals surface area contributed by atoms with Crippen LogP contribution in [0.3, 0.4) is 0 Å². The van der Waals surface area contributed by atoms with Gasteiger partial charge in [0.2, 0.25) is 0 Å². The summed E-state index contributed by atoms with van der Waals surface area (Å²) in [5, 5.41) is 0. The van der Waals surface area contributed by atoms with Gasteiger partial charge < -0.3 is 5.48 Å². The van der Waals surface area contributed by atoms with E-state index in [0.29, 0.717) is 0 Å². The molecule has 41 valence electrons. The van der Waals surface area contributed by atoms with E-state index >= 15 is 0 Å². The van der Waals surface area contributed by atoms with E-state index < -0.39 is 13.4 Å². The molecule has 8 heavy (non-hydrogen) atoms. The summed E-state index contributed by atoms with van der Waals surface area (Å²) in [5.74, 6) is 0. The molecule has 0 saturated carbocycles. The molecule has 0 N–H and O–H groups in total. The number of hydrogen-bond acceptors (Lipinski definition) is 4. The van der Waals surface area contributed by atoms with Gasteiger partial charge >= 0.3 is 84.5 Å². The zero-order valence-corrected chi connectivity index (χ0v) is 8.25. The van der Waals surface area contributed by atoms with Gasteiger partial charge in [-0.1, -0.05) is 0 Å². The maximum absolute atomic E-state index is 8.58. The minimum absolute atomic E-state index is 0. The molecule has 0 aliphatic carbocycles. The second kappa shape index (κ2) is 8.79. The molecule has 0 unspecified atom stereocenters. The second-order valence-corrected chi connectivity index (χ2v) is 1.56. The second-order valence-electron chi connectivity index (χ2n) is 0.378. The SMILES string of the molecule is [Al+3].[Ca+2].[O-2].[O]=[Mn](=[O])([O-])[O-]. The van der Waals surface area contributed by atoms with Crippen LogP contribution in [0.1, 0.15) is 0 Å². The molecule has 0 atom stereocenters. The van der Waals surface area contributed by atoms with Crippen molar-refractivity contribution in [2.24, 2.45) is 0 Å². The molecule has 0 aromatic carbocycles. The molecule has 0 saturated heterocycles. The summed E-state index contributed by atoms with van der Waals surface area (Å²) in [6.45, 7) is 0. The van der Waals surface area contributed by atoms with E-state index in [1.54, 1.807) is 0 Å². The van der Waals surface area contributed by atoms with Crippen LogP contribution in [0.4, 0.5) is 0 Å². The standard InChI is InChI=1S/Al.Ca.Mn.5O/q+3;+2;;;;-2;2*-1. The summed E-state index contributed by atoms with van der Waals surface area (Å²) in [7, 11) is 0. The van der Waals surface area contributed by atoms with Crippen LogP contribution in [0.2, 0.25) is 0 Å². The molecule has 0 aliphatic rings. The zero-order valence-electron chi connectivity index (χ0n) is 3.70. The molecule has 0 radical (unpaired) electrons. The predicted molar refractivity (Wildman–Crippen MR) is 13.6 cm³/mol. The van der Waals surface area contributed by atoms with E-state index in [0.717, 1.165) is 0 Å². The van der Waals surface area contributed by atoms with Gasteiger partial charge in [-0.05, 0) is 0 Å². The monoisotopic (exact) mass is 202 g/mol. The van der Waals surface area contributed by atoms with Crippen LogP contribution in [-0.2, 0) is 26.5 Å². The van der Waals surface area contributed by atoms with E-state index in [4.69, 9.17) is 16.0 Å². The normalized spacial score (nSPS) is 7.25. The summed E-state index contributed by atoms with van der Waals surface area (Å²) >= 11 is -5.62. The van der Waals surface area contributed by atoms with Crippen molar-refractivity contribution in [1.82, 2.24) is 0 Å². The fourth-order valence-electron chi connectivity index (χ4n) is 0. The molecule has 0 aliphatic heterocycles. The summed E-state index contributed by atoms with van der Waals surface area (Å²) < 4.78 is 34.3. The first-order chi connectivity index (χ1) is 2.00. The number of rotatable bonds is 0. The van der Waals surface area contributed by atoms with E-state index in [-0.39, 0.29) is 60.6 Å². The fraction of sp³-hybridized carbons (Fsp3) is 0. The molecule has 0 aromatic rings. The van der Waals surface area contributed by atoms with Crippen LogP contribution >= 0.6 is 0 Å². The van der Waals surface area contributed by atoms with Crippen LogP contribution < -0.4 is 8.38 Å². The average molecular weight is 202 g/mol. The Labute approximate surface area is 88.8 Å². The van der Waals surface area contributed by atoms with Gasteiger partial charge in [0.25, 0.3) is 0 Å². The first kappa shape index (κ1) is 22.6. The summed E-state index contributed by atoms with van der Waals surface area (Å²) in [5.41, 5.74) is 0. The van der Waals surface area contributed by atoms with Crippen molar-refractivity contribution < 1.29 is 34.9 Å². The van der Waals surface area contributed by atoms with Gasteiger partial charge in [0.05, 0.1) is 0 Å². The number of hydrogen-bond donors (Lipinski definition) is 0. The van der Waals surface area contributed by atoms with Gasteiger partial charge in [0, 0.05) is 0 Å². The van der Waals surface area contributed by atoms with E-state index in [1.807, 2.05) is 0 Å². The topological polar surface area (TPSA) is 109 Å². The van der Waals surface area contributed by atoms with Crippen molar-refractivity contribution in [1.29, 1.82) is 0 Å². The maximum atomic E-state index is 8.58. The third-order valence-electron chi connectivity index (χ3n) is 0. The molecular formula is AlCaMnO5+. The van der Waals surface area contributed by atoms with Crippen LogP contribution in [-0.4, -0.2) is 55.1 Å². The predicted octanol–water partition coefficient (Wildman–Crippen LogP) is -3.50. The molecule has 0 fully saturated rings. The van der Waals surface area contributed by atoms with Crippen molar-refractivity contribution in [3.8, 4) is 0 Å².